The van der Waals surface area contributed by atoms with Crippen molar-refractivity contribution in [3.8, 4) is 10.7 Å². The number of para-hydroxylation sites is 1. The van der Waals surface area contributed by atoms with Crippen molar-refractivity contribution in [3.05, 3.63) is 41.4 Å². The van der Waals surface area contributed by atoms with E-state index < -0.39 is 0 Å². The van der Waals surface area contributed by atoms with Gasteiger partial charge in [0.15, 0.2) is 5.01 Å². The molecule has 3 aromatic rings. The summed E-state index contributed by atoms with van der Waals surface area (Å²) in [5, 5.41) is 11.2. The number of hydrogen-bond donors (Lipinski definition) is 1. The van der Waals surface area contributed by atoms with Gasteiger partial charge in [-0.2, -0.15) is 0 Å². The van der Waals surface area contributed by atoms with Gasteiger partial charge >= 0.3 is 0 Å². The normalized spacial score (nSPS) is 10.9. The van der Waals surface area contributed by atoms with E-state index in [1.807, 2.05) is 30.3 Å². The standard InChI is InChI=1S/C13H12N4S/c14-8-7-12-16-17-13(18-12)11-6-5-9-3-1-2-4-10(9)15-11/h1-6H,7-8,14H2. The lowest BCUT2D eigenvalue weighted by atomic mass is 10.2. The molecule has 4 nitrogen and oxygen atoms in total. The Morgan fingerprint density at radius 1 is 1.06 bits per heavy atom. The van der Waals surface area contributed by atoms with Crippen LogP contribution in [-0.4, -0.2) is 21.7 Å². The third-order valence-corrected chi connectivity index (χ3v) is 3.65. The minimum atomic E-state index is 0.597. The van der Waals surface area contributed by atoms with Gasteiger partial charge in [0.2, 0.25) is 0 Å². The first-order valence-corrected chi connectivity index (χ1v) is 6.57. The van der Waals surface area contributed by atoms with E-state index in [2.05, 4.69) is 21.2 Å². The van der Waals surface area contributed by atoms with Crippen LogP contribution in [0.5, 0.6) is 0 Å². The van der Waals surface area contributed by atoms with Crippen molar-refractivity contribution in [1.82, 2.24) is 15.2 Å². The van der Waals surface area contributed by atoms with Gasteiger partial charge in [0.05, 0.1) is 5.52 Å². The maximum absolute atomic E-state index is 5.51. The van der Waals surface area contributed by atoms with Crippen molar-refractivity contribution in [2.45, 2.75) is 6.42 Å². The molecule has 0 aliphatic carbocycles. The third-order valence-electron chi connectivity index (χ3n) is 2.64. The highest BCUT2D eigenvalue weighted by Gasteiger charge is 2.07. The molecule has 90 valence electrons. The Hall–Kier alpha value is -1.85. The van der Waals surface area contributed by atoms with E-state index in [4.69, 9.17) is 5.73 Å². The molecule has 0 saturated heterocycles. The first-order chi connectivity index (χ1) is 8.86. The maximum atomic E-state index is 5.51. The van der Waals surface area contributed by atoms with Gasteiger partial charge in [0.1, 0.15) is 10.7 Å². The largest absolute Gasteiger partial charge is 0.330 e. The first-order valence-electron chi connectivity index (χ1n) is 5.75. The molecule has 0 bridgehead atoms. The smallest absolute Gasteiger partial charge is 0.166 e. The molecule has 0 radical (unpaired) electrons. The van der Waals surface area contributed by atoms with Crippen LogP contribution >= 0.6 is 11.3 Å². The second kappa shape index (κ2) is 4.80. The second-order valence-electron chi connectivity index (χ2n) is 3.93. The summed E-state index contributed by atoms with van der Waals surface area (Å²) in [6.07, 6.45) is 0.769. The van der Waals surface area contributed by atoms with Crippen molar-refractivity contribution in [2.75, 3.05) is 6.54 Å². The van der Waals surface area contributed by atoms with E-state index in [0.29, 0.717) is 6.54 Å². The number of rotatable bonds is 3. The van der Waals surface area contributed by atoms with Crippen LogP contribution in [0.25, 0.3) is 21.6 Å². The number of benzene rings is 1. The minimum Gasteiger partial charge on any atom is -0.330 e. The SMILES string of the molecule is NCCc1nnc(-c2ccc3ccccc3n2)s1. The van der Waals surface area contributed by atoms with Crippen molar-refractivity contribution in [3.63, 3.8) is 0 Å². The molecule has 2 heterocycles. The number of fused-ring (bicyclic) bond motifs is 1. The van der Waals surface area contributed by atoms with E-state index >= 15 is 0 Å². The predicted molar refractivity (Wildman–Crippen MR) is 73.4 cm³/mol. The average molecular weight is 256 g/mol. The van der Waals surface area contributed by atoms with Crippen molar-refractivity contribution < 1.29 is 0 Å². The van der Waals surface area contributed by atoms with Crippen LogP contribution in [0.4, 0.5) is 0 Å². The lowest BCUT2D eigenvalue weighted by Gasteiger charge is -1.98. The van der Waals surface area contributed by atoms with Crippen LogP contribution in [0.1, 0.15) is 5.01 Å². The first kappa shape index (κ1) is 11.3. The fourth-order valence-electron chi connectivity index (χ4n) is 1.77. The summed E-state index contributed by atoms with van der Waals surface area (Å²) in [6.45, 7) is 0.597. The second-order valence-corrected chi connectivity index (χ2v) is 4.99. The molecular weight excluding hydrogens is 244 g/mol. The number of aromatic nitrogens is 3. The predicted octanol–water partition coefficient (Wildman–Crippen LogP) is 2.25. The van der Waals surface area contributed by atoms with Gasteiger partial charge in [-0.05, 0) is 18.7 Å². The number of pyridine rings is 1. The quantitative estimate of drug-likeness (QED) is 0.780. The summed E-state index contributed by atoms with van der Waals surface area (Å²) in [7, 11) is 0. The summed E-state index contributed by atoms with van der Waals surface area (Å²) in [4.78, 5) is 4.60. The Balaban J connectivity index is 2.02. The Labute approximate surface area is 109 Å². The zero-order chi connectivity index (χ0) is 12.4. The van der Waals surface area contributed by atoms with E-state index in [1.165, 1.54) is 0 Å². The summed E-state index contributed by atoms with van der Waals surface area (Å²) in [5.41, 5.74) is 7.35. The minimum absolute atomic E-state index is 0.597. The highest BCUT2D eigenvalue weighted by atomic mass is 32.1. The molecule has 0 atom stereocenters. The van der Waals surface area contributed by atoms with Crippen LogP contribution in [0.15, 0.2) is 36.4 Å². The van der Waals surface area contributed by atoms with Gasteiger partial charge < -0.3 is 5.73 Å². The van der Waals surface area contributed by atoms with Gasteiger partial charge in [-0.25, -0.2) is 4.98 Å². The van der Waals surface area contributed by atoms with Crippen molar-refractivity contribution >= 4 is 22.2 Å². The highest BCUT2D eigenvalue weighted by molar-refractivity contribution is 7.14. The van der Waals surface area contributed by atoms with Crippen LogP contribution in [-0.2, 0) is 6.42 Å². The molecule has 1 aromatic carbocycles. The maximum Gasteiger partial charge on any atom is 0.166 e. The van der Waals surface area contributed by atoms with Gasteiger partial charge in [-0.15, -0.1) is 10.2 Å². The lowest BCUT2D eigenvalue weighted by molar-refractivity contribution is 0.913. The average Bonchev–Trinajstić information content (AvgIpc) is 2.87. The highest BCUT2D eigenvalue weighted by Crippen LogP contribution is 2.24. The van der Waals surface area contributed by atoms with Crippen LogP contribution in [0.2, 0.25) is 0 Å². The molecular formula is C13H12N4S. The third kappa shape index (κ3) is 2.10. The molecule has 0 fully saturated rings. The van der Waals surface area contributed by atoms with E-state index in [9.17, 15) is 0 Å². The molecule has 2 aromatic heterocycles. The monoisotopic (exact) mass is 256 g/mol. The van der Waals surface area contributed by atoms with Gasteiger partial charge in [0.25, 0.3) is 0 Å². The molecule has 5 heteroatoms. The number of nitrogens with two attached hydrogens (primary N) is 1. The zero-order valence-electron chi connectivity index (χ0n) is 9.71. The summed E-state index contributed by atoms with van der Waals surface area (Å²) < 4.78 is 0. The Kier molecular flexibility index (Phi) is 3.00. The van der Waals surface area contributed by atoms with Crippen LogP contribution in [0, 0.1) is 0 Å². The molecule has 0 spiro atoms. The molecule has 0 amide bonds. The fourth-order valence-corrected chi connectivity index (χ4v) is 2.59. The van der Waals surface area contributed by atoms with E-state index in [0.717, 1.165) is 33.0 Å². The number of hydrogen-bond acceptors (Lipinski definition) is 5. The molecule has 0 aliphatic heterocycles. The molecule has 0 aliphatic rings. The summed E-state index contributed by atoms with van der Waals surface area (Å²) in [6, 6.07) is 12.1. The van der Waals surface area contributed by atoms with Gasteiger partial charge in [-0.1, -0.05) is 35.6 Å². The molecule has 0 saturated carbocycles. The molecule has 18 heavy (non-hydrogen) atoms. The Bertz CT molecular complexity index is 677. The summed E-state index contributed by atoms with van der Waals surface area (Å²) >= 11 is 1.55. The zero-order valence-corrected chi connectivity index (χ0v) is 10.5. The van der Waals surface area contributed by atoms with E-state index in [-0.39, 0.29) is 0 Å². The summed E-state index contributed by atoms with van der Waals surface area (Å²) in [5.74, 6) is 0. The van der Waals surface area contributed by atoms with Gasteiger partial charge in [0, 0.05) is 11.8 Å². The van der Waals surface area contributed by atoms with Crippen LogP contribution in [0.3, 0.4) is 0 Å². The van der Waals surface area contributed by atoms with E-state index in [1.54, 1.807) is 11.3 Å². The van der Waals surface area contributed by atoms with Crippen molar-refractivity contribution in [2.24, 2.45) is 5.73 Å². The Morgan fingerprint density at radius 2 is 1.94 bits per heavy atom. The molecule has 0 unspecified atom stereocenters. The topological polar surface area (TPSA) is 64.7 Å². The molecule has 3 rings (SSSR count). The fraction of sp³-hybridized carbons (Fsp3) is 0.154. The van der Waals surface area contributed by atoms with Crippen molar-refractivity contribution in [1.29, 1.82) is 0 Å². The van der Waals surface area contributed by atoms with Gasteiger partial charge in [-0.3, -0.25) is 0 Å². The number of nitrogens with zero attached hydrogens (tertiary/aromatic N) is 3. The lowest BCUT2D eigenvalue weighted by Crippen LogP contribution is -2.01. The molecule has 2 N–H and O–H groups in total. The van der Waals surface area contributed by atoms with Crippen LogP contribution < -0.4 is 5.73 Å². The Morgan fingerprint density at radius 3 is 2.83 bits per heavy atom.